The summed E-state index contributed by atoms with van der Waals surface area (Å²) in [6.45, 7) is 1.11. The van der Waals surface area contributed by atoms with E-state index in [1.807, 2.05) is 40.8 Å². The summed E-state index contributed by atoms with van der Waals surface area (Å²) in [5.41, 5.74) is 2.57. The van der Waals surface area contributed by atoms with E-state index in [9.17, 15) is 4.39 Å². The van der Waals surface area contributed by atoms with Gasteiger partial charge in [0.25, 0.3) is 5.78 Å². The molecule has 2 aromatic heterocycles. The Hall–Kier alpha value is -2.48. The summed E-state index contributed by atoms with van der Waals surface area (Å²) < 4.78 is 21.7. The molecule has 0 N–H and O–H groups in total. The van der Waals surface area contributed by atoms with Gasteiger partial charge in [-0.1, -0.05) is 59.8 Å². The molecule has 0 bridgehead atoms. The number of hydrogen-bond acceptors (Lipinski definition) is 5. The molecule has 0 unspecified atom stereocenters. The van der Waals surface area contributed by atoms with Crippen LogP contribution in [0.2, 0.25) is 5.02 Å². The van der Waals surface area contributed by atoms with E-state index in [1.165, 1.54) is 17.8 Å². The maximum atomic E-state index is 14.0. The van der Waals surface area contributed by atoms with Crippen molar-refractivity contribution >= 4 is 29.1 Å². The van der Waals surface area contributed by atoms with Crippen LogP contribution >= 0.6 is 23.4 Å². The molecule has 148 valence electrons. The summed E-state index contributed by atoms with van der Waals surface area (Å²) in [7, 11) is 0. The largest absolute Gasteiger partial charge is 0.376 e. The van der Waals surface area contributed by atoms with Crippen LogP contribution in [0.4, 0.5) is 4.39 Å². The third-order valence-electron chi connectivity index (χ3n) is 4.38. The summed E-state index contributed by atoms with van der Waals surface area (Å²) in [6.07, 6.45) is 2.39. The van der Waals surface area contributed by atoms with E-state index >= 15 is 0 Å². The van der Waals surface area contributed by atoms with Gasteiger partial charge in [-0.2, -0.15) is 0 Å². The monoisotopic (exact) mass is 428 g/mol. The Kier molecular flexibility index (Phi) is 6.39. The van der Waals surface area contributed by atoms with Gasteiger partial charge >= 0.3 is 0 Å². The molecule has 0 spiro atoms. The number of thioether (sulfide) groups is 1. The van der Waals surface area contributed by atoms with Crippen molar-refractivity contribution in [3.63, 3.8) is 0 Å². The van der Waals surface area contributed by atoms with Gasteiger partial charge in [-0.25, -0.2) is 9.37 Å². The van der Waals surface area contributed by atoms with Gasteiger partial charge in [0.05, 0.1) is 13.2 Å². The molecule has 0 aliphatic rings. The zero-order chi connectivity index (χ0) is 20.1. The number of ether oxygens (including phenoxy) is 1. The van der Waals surface area contributed by atoms with Crippen molar-refractivity contribution in [3.8, 4) is 0 Å². The maximum absolute atomic E-state index is 14.0. The Morgan fingerprint density at radius 2 is 1.90 bits per heavy atom. The fourth-order valence-electron chi connectivity index (χ4n) is 2.90. The van der Waals surface area contributed by atoms with Gasteiger partial charge in [0.15, 0.2) is 5.16 Å². The SMILES string of the molecule is Fc1cccc(Cl)c1CSc1nnc2nccc(CCOCc3ccccc3)n12. The van der Waals surface area contributed by atoms with Crippen molar-refractivity contribution in [2.75, 3.05) is 6.61 Å². The number of fused-ring (bicyclic) bond motifs is 1. The number of aromatic nitrogens is 4. The molecule has 4 aromatic rings. The van der Waals surface area contributed by atoms with E-state index in [0.717, 1.165) is 11.3 Å². The first-order chi connectivity index (χ1) is 14.2. The van der Waals surface area contributed by atoms with Gasteiger partial charge in [-0.05, 0) is 23.8 Å². The lowest BCUT2D eigenvalue weighted by Gasteiger charge is -2.09. The Morgan fingerprint density at radius 3 is 2.72 bits per heavy atom. The van der Waals surface area contributed by atoms with Crippen LogP contribution in [0.5, 0.6) is 0 Å². The molecule has 0 aliphatic carbocycles. The lowest BCUT2D eigenvalue weighted by atomic mass is 10.2. The molecule has 0 aliphatic heterocycles. The van der Waals surface area contributed by atoms with Crippen LogP contribution in [-0.4, -0.2) is 26.2 Å². The van der Waals surface area contributed by atoms with E-state index in [2.05, 4.69) is 15.2 Å². The van der Waals surface area contributed by atoms with Gasteiger partial charge in [-0.3, -0.25) is 4.40 Å². The summed E-state index contributed by atoms with van der Waals surface area (Å²) in [4.78, 5) is 4.26. The standard InChI is InChI=1S/C21H18ClFN4OS/c22-18-7-4-8-19(23)17(18)14-29-21-26-25-20-24-11-9-16(27(20)21)10-12-28-13-15-5-2-1-3-6-15/h1-9,11H,10,12-14H2. The Morgan fingerprint density at radius 1 is 1.03 bits per heavy atom. The highest BCUT2D eigenvalue weighted by Gasteiger charge is 2.14. The average Bonchev–Trinajstić information content (AvgIpc) is 3.16. The van der Waals surface area contributed by atoms with E-state index in [4.69, 9.17) is 16.3 Å². The number of halogens is 2. The van der Waals surface area contributed by atoms with Crippen molar-refractivity contribution in [2.24, 2.45) is 0 Å². The van der Waals surface area contributed by atoms with E-state index in [1.54, 1.807) is 18.3 Å². The third-order valence-corrected chi connectivity index (χ3v) is 5.69. The number of rotatable bonds is 8. The normalized spacial score (nSPS) is 11.2. The number of nitrogens with zero attached hydrogens (tertiary/aromatic N) is 4. The quantitative estimate of drug-likeness (QED) is 0.293. The molecular weight excluding hydrogens is 411 g/mol. The molecule has 0 saturated carbocycles. The molecule has 2 aromatic carbocycles. The summed E-state index contributed by atoms with van der Waals surface area (Å²) >= 11 is 7.50. The average molecular weight is 429 g/mol. The zero-order valence-electron chi connectivity index (χ0n) is 15.5. The molecule has 2 heterocycles. The lowest BCUT2D eigenvalue weighted by molar-refractivity contribution is 0.123. The second kappa shape index (κ2) is 9.35. The Bertz CT molecular complexity index is 1090. The lowest BCUT2D eigenvalue weighted by Crippen LogP contribution is -2.05. The Balaban J connectivity index is 1.45. The molecule has 0 fully saturated rings. The number of hydrogen-bond donors (Lipinski definition) is 0. The summed E-state index contributed by atoms with van der Waals surface area (Å²) in [5, 5.41) is 9.38. The first-order valence-electron chi connectivity index (χ1n) is 9.09. The Labute approximate surface area is 176 Å². The van der Waals surface area contributed by atoms with Crippen LogP contribution in [0, 0.1) is 5.82 Å². The maximum Gasteiger partial charge on any atom is 0.255 e. The number of benzene rings is 2. The van der Waals surface area contributed by atoms with Crippen molar-refractivity contribution in [3.05, 3.63) is 88.5 Å². The van der Waals surface area contributed by atoms with E-state index < -0.39 is 0 Å². The van der Waals surface area contributed by atoms with Crippen LogP contribution in [0.3, 0.4) is 0 Å². The second-order valence-corrected chi connectivity index (χ2v) is 7.68. The van der Waals surface area contributed by atoms with Gasteiger partial charge in [-0.15, -0.1) is 10.2 Å². The topological polar surface area (TPSA) is 52.3 Å². The first kappa shape index (κ1) is 19.8. The van der Waals surface area contributed by atoms with E-state index in [-0.39, 0.29) is 5.82 Å². The van der Waals surface area contributed by atoms with Crippen LogP contribution in [0.15, 0.2) is 66.0 Å². The van der Waals surface area contributed by atoms with Crippen molar-refractivity contribution in [2.45, 2.75) is 23.9 Å². The second-order valence-electron chi connectivity index (χ2n) is 6.33. The highest BCUT2D eigenvalue weighted by molar-refractivity contribution is 7.98. The summed E-state index contributed by atoms with van der Waals surface area (Å²) in [5.74, 6) is 0.532. The minimum atomic E-state index is -0.327. The molecule has 0 radical (unpaired) electrons. The molecule has 8 heteroatoms. The molecule has 0 saturated heterocycles. The van der Waals surface area contributed by atoms with Crippen LogP contribution in [0.1, 0.15) is 16.8 Å². The van der Waals surface area contributed by atoms with Crippen LogP contribution in [-0.2, 0) is 23.5 Å². The first-order valence-corrected chi connectivity index (χ1v) is 10.4. The van der Waals surface area contributed by atoms with Crippen LogP contribution < -0.4 is 0 Å². The van der Waals surface area contributed by atoms with E-state index in [0.29, 0.717) is 46.9 Å². The highest BCUT2D eigenvalue weighted by Crippen LogP contribution is 2.28. The van der Waals surface area contributed by atoms with Crippen molar-refractivity contribution in [1.29, 1.82) is 0 Å². The smallest absolute Gasteiger partial charge is 0.255 e. The molecule has 0 atom stereocenters. The minimum absolute atomic E-state index is 0.327. The zero-order valence-corrected chi connectivity index (χ0v) is 17.0. The molecule has 4 rings (SSSR count). The summed E-state index contributed by atoms with van der Waals surface area (Å²) in [6, 6.07) is 16.6. The van der Waals surface area contributed by atoms with Crippen LogP contribution in [0.25, 0.3) is 5.78 Å². The van der Waals surface area contributed by atoms with Gasteiger partial charge < -0.3 is 4.74 Å². The fourth-order valence-corrected chi connectivity index (χ4v) is 4.20. The third kappa shape index (κ3) is 4.75. The minimum Gasteiger partial charge on any atom is -0.376 e. The van der Waals surface area contributed by atoms with Crippen molar-refractivity contribution in [1.82, 2.24) is 19.6 Å². The van der Waals surface area contributed by atoms with Gasteiger partial charge in [0, 0.05) is 34.7 Å². The molecular formula is C21H18ClFN4OS. The highest BCUT2D eigenvalue weighted by atomic mass is 35.5. The predicted molar refractivity (Wildman–Crippen MR) is 112 cm³/mol. The van der Waals surface area contributed by atoms with Crippen molar-refractivity contribution < 1.29 is 9.13 Å². The predicted octanol–water partition coefficient (Wildman–Crippen LogP) is 4.97. The molecule has 0 amide bonds. The fraction of sp³-hybridized carbons (Fsp3) is 0.190. The molecule has 5 nitrogen and oxygen atoms in total. The molecule has 29 heavy (non-hydrogen) atoms. The van der Waals surface area contributed by atoms with Gasteiger partial charge in [0.1, 0.15) is 5.82 Å². The van der Waals surface area contributed by atoms with Gasteiger partial charge in [0.2, 0.25) is 0 Å².